The monoisotopic (exact) mass is 204 g/mol. The van der Waals surface area contributed by atoms with E-state index in [1.54, 1.807) is 5.57 Å². The molecular weight excluding hydrogens is 180 g/mol. The maximum Gasteiger partial charge on any atom is -0.00289 e. The number of hydrogen-bond donors (Lipinski definition) is 0. The van der Waals surface area contributed by atoms with Crippen molar-refractivity contribution in [3.8, 4) is 0 Å². The molecule has 3 aliphatic carbocycles. The fraction of sp³-hybridized carbons (Fsp3) is 0.867. The van der Waals surface area contributed by atoms with E-state index >= 15 is 0 Å². The Labute approximate surface area is 94.1 Å². The van der Waals surface area contributed by atoms with Gasteiger partial charge in [-0.15, -0.1) is 0 Å². The van der Waals surface area contributed by atoms with Crippen molar-refractivity contribution in [3.05, 3.63) is 11.6 Å². The third-order valence-electron chi connectivity index (χ3n) is 6.29. The minimum Gasteiger partial charge on any atom is -0.0850 e. The van der Waals surface area contributed by atoms with E-state index in [9.17, 15) is 0 Å². The smallest absolute Gasteiger partial charge is 0.00289 e. The summed E-state index contributed by atoms with van der Waals surface area (Å²) in [7, 11) is 0. The van der Waals surface area contributed by atoms with Crippen molar-refractivity contribution in [1.82, 2.24) is 0 Å². The SMILES string of the molecule is CC1=CCC[C@@]2(C)[C@@H]3CC[C@@]12CC3(C)C. The highest BCUT2D eigenvalue weighted by Crippen LogP contribution is 2.76. The van der Waals surface area contributed by atoms with Crippen LogP contribution in [0.3, 0.4) is 0 Å². The number of allylic oxidation sites excluding steroid dienone is 2. The first-order chi connectivity index (χ1) is 6.92. The van der Waals surface area contributed by atoms with Crippen LogP contribution in [0.2, 0.25) is 0 Å². The summed E-state index contributed by atoms with van der Waals surface area (Å²) in [5.74, 6) is 0.980. The van der Waals surface area contributed by atoms with Crippen molar-refractivity contribution in [2.45, 2.75) is 59.8 Å². The molecule has 0 heteroatoms. The lowest BCUT2D eigenvalue weighted by atomic mass is 9.59. The van der Waals surface area contributed by atoms with E-state index in [0.717, 1.165) is 5.92 Å². The summed E-state index contributed by atoms with van der Waals surface area (Å²) in [5, 5.41) is 0. The van der Waals surface area contributed by atoms with E-state index in [0.29, 0.717) is 16.2 Å². The Hall–Kier alpha value is -0.260. The zero-order chi connectivity index (χ0) is 10.9. The van der Waals surface area contributed by atoms with Gasteiger partial charge in [0.05, 0.1) is 0 Å². The van der Waals surface area contributed by atoms with Gasteiger partial charge < -0.3 is 0 Å². The van der Waals surface area contributed by atoms with Gasteiger partial charge in [-0.2, -0.15) is 0 Å². The maximum atomic E-state index is 2.59. The average molecular weight is 204 g/mol. The largest absolute Gasteiger partial charge is 0.0850 e. The van der Waals surface area contributed by atoms with Crippen LogP contribution in [0.25, 0.3) is 0 Å². The summed E-state index contributed by atoms with van der Waals surface area (Å²) in [6.07, 6.45) is 9.71. The van der Waals surface area contributed by atoms with Gasteiger partial charge in [-0.25, -0.2) is 0 Å². The molecule has 0 heterocycles. The first kappa shape index (κ1) is 9.93. The molecule has 0 nitrogen and oxygen atoms in total. The van der Waals surface area contributed by atoms with E-state index in [1.807, 2.05) is 0 Å². The first-order valence-corrected chi connectivity index (χ1v) is 6.60. The lowest BCUT2D eigenvalue weighted by molar-refractivity contribution is 0.114. The van der Waals surface area contributed by atoms with Crippen LogP contribution in [-0.2, 0) is 0 Å². The van der Waals surface area contributed by atoms with Crippen LogP contribution >= 0.6 is 0 Å². The third kappa shape index (κ3) is 0.905. The Morgan fingerprint density at radius 2 is 1.93 bits per heavy atom. The molecule has 3 atom stereocenters. The van der Waals surface area contributed by atoms with E-state index in [1.165, 1.54) is 32.1 Å². The average Bonchev–Trinajstić information content (AvgIpc) is 2.50. The van der Waals surface area contributed by atoms with Gasteiger partial charge in [0.2, 0.25) is 0 Å². The molecule has 2 bridgehead atoms. The minimum atomic E-state index is 0.590. The summed E-state index contributed by atoms with van der Waals surface area (Å²) >= 11 is 0. The molecule has 0 N–H and O–H groups in total. The molecule has 3 aliphatic rings. The number of rotatable bonds is 0. The quantitative estimate of drug-likeness (QED) is 0.507. The minimum absolute atomic E-state index is 0.590. The third-order valence-corrected chi connectivity index (χ3v) is 6.29. The highest BCUT2D eigenvalue weighted by molar-refractivity contribution is 5.31. The second-order valence-corrected chi connectivity index (χ2v) is 7.18. The van der Waals surface area contributed by atoms with Crippen LogP contribution in [0.5, 0.6) is 0 Å². The van der Waals surface area contributed by atoms with Gasteiger partial charge in [0.15, 0.2) is 0 Å². The van der Waals surface area contributed by atoms with Crippen LogP contribution in [-0.4, -0.2) is 0 Å². The second-order valence-electron chi connectivity index (χ2n) is 7.18. The van der Waals surface area contributed by atoms with E-state index < -0.39 is 0 Å². The van der Waals surface area contributed by atoms with Crippen molar-refractivity contribution >= 4 is 0 Å². The topological polar surface area (TPSA) is 0 Å². The van der Waals surface area contributed by atoms with Crippen molar-refractivity contribution < 1.29 is 0 Å². The molecule has 0 radical (unpaired) electrons. The molecule has 0 amide bonds. The summed E-state index contributed by atoms with van der Waals surface area (Å²) in [5.41, 5.74) is 3.55. The number of hydrogen-bond acceptors (Lipinski definition) is 0. The lowest BCUT2D eigenvalue weighted by Gasteiger charge is -2.45. The molecule has 0 unspecified atom stereocenters. The van der Waals surface area contributed by atoms with Gasteiger partial charge in [-0.3, -0.25) is 0 Å². The fourth-order valence-corrected chi connectivity index (χ4v) is 5.76. The van der Waals surface area contributed by atoms with Crippen LogP contribution in [0.15, 0.2) is 11.6 Å². The molecular formula is C15H24. The van der Waals surface area contributed by atoms with Gasteiger partial charge in [-0.05, 0) is 61.2 Å². The zero-order valence-electron chi connectivity index (χ0n) is 10.7. The molecule has 0 aromatic heterocycles. The molecule has 0 saturated heterocycles. The molecule has 3 rings (SSSR count). The normalized spacial score (nSPS) is 51.5. The predicted octanol–water partition coefficient (Wildman–Crippen LogP) is 4.56. The zero-order valence-corrected chi connectivity index (χ0v) is 10.7. The lowest BCUT2D eigenvalue weighted by Crippen LogP contribution is -2.36. The van der Waals surface area contributed by atoms with Crippen molar-refractivity contribution in [2.24, 2.45) is 22.2 Å². The van der Waals surface area contributed by atoms with Gasteiger partial charge in [-0.1, -0.05) is 32.4 Å². The second kappa shape index (κ2) is 2.52. The Balaban J connectivity index is 2.17. The van der Waals surface area contributed by atoms with E-state index in [-0.39, 0.29) is 0 Å². The molecule has 84 valence electrons. The van der Waals surface area contributed by atoms with Crippen LogP contribution in [0, 0.1) is 22.2 Å². The summed E-state index contributed by atoms with van der Waals surface area (Å²) < 4.78 is 0. The van der Waals surface area contributed by atoms with E-state index in [4.69, 9.17) is 0 Å². The molecule has 0 aromatic rings. The van der Waals surface area contributed by atoms with Crippen molar-refractivity contribution in [3.63, 3.8) is 0 Å². The molecule has 2 saturated carbocycles. The van der Waals surface area contributed by atoms with Gasteiger partial charge in [0.1, 0.15) is 0 Å². The van der Waals surface area contributed by atoms with Crippen LogP contribution < -0.4 is 0 Å². The molecule has 2 fully saturated rings. The van der Waals surface area contributed by atoms with Gasteiger partial charge in [0, 0.05) is 0 Å². The van der Waals surface area contributed by atoms with Gasteiger partial charge >= 0.3 is 0 Å². The maximum absolute atomic E-state index is 2.59. The Morgan fingerprint density at radius 1 is 1.20 bits per heavy atom. The molecule has 15 heavy (non-hydrogen) atoms. The highest BCUT2D eigenvalue weighted by Gasteiger charge is 2.68. The molecule has 0 aliphatic heterocycles. The fourth-order valence-electron chi connectivity index (χ4n) is 5.76. The summed E-state index contributed by atoms with van der Waals surface area (Å²) in [4.78, 5) is 0. The van der Waals surface area contributed by atoms with Crippen molar-refractivity contribution in [1.29, 1.82) is 0 Å². The van der Waals surface area contributed by atoms with E-state index in [2.05, 4.69) is 33.8 Å². The first-order valence-electron chi connectivity index (χ1n) is 6.60. The highest BCUT2D eigenvalue weighted by atomic mass is 14.7. The Bertz CT molecular complexity index is 336. The summed E-state index contributed by atoms with van der Waals surface area (Å²) in [6.45, 7) is 10.0. The predicted molar refractivity (Wildman–Crippen MR) is 64.7 cm³/mol. The Morgan fingerprint density at radius 3 is 2.53 bits per heavy atom. The Kier molecular flexibility index (Phi) is 1.67. The summed E-state index contributed by atoms with van der Waals surface area (Å²) in [6, 6.07) is 0. The van der Waals surface area contributed by atoms with Gasteiger partial charge in [0.25, 0.3) is 0 Å². The molecule has 0 aromatic carbocycles. The standard InChI is InChI=1S/C15H24/c1-11-6-5-8-14(4)12-7-9-15(11,14)10-13(12,2)3/h6,12H,5,7-10H2,1-4H3/t12-,14+,15-/m1/s1. The van der Waals surface area contributed by atoms with Crippen LogP contribution in [0.1, 0.15) is 59.8 Å². The van der Waals surface area contributed by atoms with Crippen LogP contribution in [0.4, 0.5) is 0 Å². The molecule has 0 spiro atoms. The van der Waals surface area contributed by atoms with Crippen molar-refractivity contribution in [2.75, 3.05) is 0 Å².